The summed E-state index contributed by atoms with van der Waals surface area (Å²) >= 11 is 0. The smallest absolute Gasteiger partial charge is 0.193 e. The van der Waals surface area contributed by atoms with E-state index in [9.17, 15) is 4.79 Å². The minimum atomic E-state index is 0.159. The summed E-state index contributed by atoms with van der Waals surface area (Å²) < 4.78 is 0. The Hall–Kier alpha value is -2.15. The molecule has 1 nitrogen and oxygen atoms in total. The molecule has 1 aliphatic rings. The zero-order chi connectivity index (χ0) is 20.8. The summed E-state index contributed by atoms with van der Waals surface area (Å²) in [4.78, 5) is 13.5. The molecule has 0 aromatic heterocycles. The zero-order valence-electron chi connectivity index (χ0n) is 18.6. The summed E-state index contributed by atoms with van der Waals surface area (Å²) in [6.45, 7) is 8.79. The van der Waals surface area contributed by atoms with Gasteiger partial charge in [0.15, 0.2) is 5.78 Å². The van der Waals surface area contributed by atoms with Crippen molar-refractivity contribution >= 4 is 11.9 Å². The number of benzene rings is 2. The molecule has 0 saturated heterocycles. The van der Waals surface area contributed by atoms with Gasteiger partial charge in [0, 0.05) is 11.1 Å². The van der Waals surface area contributed by atoms with Crippen molar-refractivity contribution in [3.8, 4) is 0 Å². The molecule has 2 atom stereocenters. The second-order valence-corrected chi connectivity index (χ2v) is 9.05. The van der Waals surface area contributed by atoms with Gasteiger partial charge in [-0.05, 0) is 73.1 Å². The molecule has 1 unspecified atom stereocenters. The van der Waals surface area contributed by atoms with Crippen LogP contribution < -0.4 is 0 Å². The van der Waals surface area contributed by atoms with Gasteiger partial charge < -0.3 is 0 Å². The summed E-state index contributed by atoms with van der Waals surface area (Å²) in [5, 5.41) is 0. The highest BCUT2D eigenvalue weighted by Crippen LogP contribution is 2.39. The lowest BCUT2D eigenvalue weighted by atomic mass is 9.74. The minimum Gasteiger partial charge on any atom is -0.289 e. The van der Waals surface area contributed by atoms with E-state index in [0.29, 0.717) is 5.92 Å². The van der Waals surface area contributed by atoms with E-state index < -0.39 is 0 Å². The van der Waals surface area contributed by atoms with Crippen molar-refractivity contribution in [2.75, 3.05) is 0 Å². The number of hydrogen-bond acceptors (Lipinski definition) is 1. The molecule has 0 radical (unpaired) electrons. The van der Waals surface area contributed by atoms with Crippen LogP contribution in [0, 0.1) is 11.8 Å². The molecule has 0 N–H and O–H groups in total. The van der Waals surface area contributed by atoms with Crippen LogP contribution in [0.15, 0.2) is 48.5 Å². The predicted octanol–water partition coefficient (Wildman–Crippen LogP) is 7.83. The maximum absolute atomic E-state index is 13.5. The summed E-state index contributed by atoms with van der Waals surface area (Å²) in [6, 6.07) is 14.7. The van der Waals surface area contributed by atoms with Gasteiger partial charge in [0.25, 0.3) is 0 Å². The fraction of sp³-hybridized carbons (Fsp3) is 0.464. The quantitative estimate of drug-likeness (QED) is 0.442. The highest BCUT2D eigenvalue weighted by atomic mass is 16.1. The number of allylic oxidation sites excluding steroid dienone is 1. The molecule has 154 valence electrons. The summed E-state index contributed by atoms with van der Waals surface area (Å²) in [6.07, 6.45) is 11.5. The average Bonchev–Trinajstić information content (AvgIpc) is 2.73. The Morgan fingerprint density at radius 2 is 1.90 bits per heavy atom. The van der Waals surface area contributed by atoms with Gasteiger partial charge in [-0.2, -0.15) is 0 Å². The maximum atomic E-state index is 13.5. The first-order chi connectivity index (χ1) is 14.0. The molecule has 2 aromatic carbocycles. The highest BCUT2D eigenvalue weighted by Gasteiger charge is 2.25. The first-order valence-electron chi connectivity index (χ1n) is 11.4. The van der Waals surface area contributed by atoms with Gasteiger partial charge in [0.05, 0.1) is 0 Å². The minimum absolute atomic E-state index is 0.159. The second-order valence-electron chi connectivity index (χ2n) is 9.05. The van der Waals surface area contributed by atoms with Gasteiger partial charge in [-0.3, -0.25) is 4.79 Å². The molecule has 2 aromatic rings. The average molecular weight is 389 g/mol. The number of hydrogen-bond donors (Lipinski definition) is 0. The van der Waals surface area contributed by atoms with Crippen molar-refractivity contribution in [3.63, 3.8) is 0 Å². The van der Waals surface area contributed by atoms with E-state index in [0.717, 1.165) is 40.5 Å². The number of carbonyl (C=O) groups excluding carboxylic acids is 1. The SMILES string of the molecule is CC=Cc1ccc(C2CCC[C@@H](CC(C)C)C2)cc1C(=O)c1ccccc1CC. The Morgan fingerprint density at radius 3 is 2.62 bits per heavy atom. The third-order valence-corrected chi connectivity index (χ3v) is 6.37. The zero-order valence-corrected chi connectivity index (χ0v) is 18.6. The molecule has 1 heteroatoms. The molecule has 0 amide bonds. The summed E-state index contributed by atoms with van der Waals surface area (Å²) in [7, 11) is 0. The predicted molar refractivity (Wildman–Crippen MR) is 125 cm³/mol. The topological polar surface area (TPSA) is 17.1 Å². The first kappa shape index (κ1) is 21.6. The Balaban J connectivity index is 1.95. The molecular weight excluding hydrogens is 352 g/mol. The number of rotatable bonds is 7. The van der Waals surface area contributed by atoms with E-state index in [4.69, 9.17) is 0 Å². The maximum Gasteiger partial charge on any atom is 0.193 e. The molecular formula is C28H36O. The second kappa shape index (κ2) is 10.1. The molecule has 1 fully saturated rings. The highest BCUT2D eigenvalue weighted by molar-refractivity contribution is 6.12. The molecule has 0 spiro atoms. The van der Waals surface area contributed by atoms with Crippen molar-refractivity contribution in [2.45, 2.75) is 72.1 Å². The fourth-order valence-electron chi connectivity index (χ4n) is 5.02. The Morgan fingerprint density at radius 1 is 1.10 bits per heavy atom. The molecule has 1 saturated carbocycles. The van der Waals surface area contributed by atoms with E-state index in [1.165, 1.54) is 37.7 Å². The van der Waals surface area contributed by atoms with Gasteiger partial charge >= 0.3 is 0 Å². The molecule has 29 heavy (non-hydrogen) atoms. The normalized spacial score (nSPS) is 19.8. The monoisotopic (exact) mass is 388 g/mol. The number of ketones is 1. The number of carbonyl (C=O) groups is 1. The van der Waals surface area contributed by atoms with Gasteiger partial charge in [-0.15, -0.1) is 0 Å². The van der Waals surface area contributed by atoms with Crippen LogP contribution in [-0.2, 0) is 6.42 Å². The Bertz CT molecular complexity index is 858. The largest absolute Gasteiger partial charge is 0.289 e. The lowest BCUT2D eigenvalue weighted by Crippen LogP contribution is -2.16. The van der Waals surface area contributed by atoms with Crippen LogP contribution in [0.3, 0.4) is 0 Å². The third kappa shape index (κ3) is 5.26. The van der Waals surface area contributed by atoms with Gasteiger partial charge in [-0.25, -0.2) is 0 Å². The van der Waals surface area contributed by atoms with Crippen LogP contribution in [0.2, 0.25) is 0 Å². The summed E-state index contributed by atoms with van der Waals surface area (Å²) in [5.74, 6) is 2.33. The molecule has 1 aliphatic carbocycles. The number of aryl methyl sites for hydroxylation is 1. The van der Waals surface area contributed by atoms with Gasteiger partial charge in [0.2, 0.25) is 0 Å². The lowest BCUT2D eigenvalue weighted by molar-refractivity contribution is 0.103. The van der Waals surface area contributed by atoms with E-state index in [1.807, 2.05) is 31.2 Å². The van der Waals surface area contributed by atoms with Crippen LogP contribution in [0.5, 0.6) is 0 Å². The van der Waals surface area contributed by atoms with Crippen LogP contribution in [0.1, 0.15) is 98.3 Å². The van der Waals surface area contributed by atoms with Crippen molar-refractivity contribution in [1.82, 2.24) is 0 Å². The van der Waals surface area contributed by atoms with E-state index in [2.05, 4.69) is 51.1 Å². The Labute approximate surface area is 177 Å². The third-order valence-electron chi connectivity index (χ3n) is 6.37. The van der Waals surface area contributed by atoms with Crippen molar-refractivity contribution in [2.24, 2.45) is 11.8 Å². The first-order valence-corrected chi connectivity index (χ1v) is 11.4. The van der Waals surface area contributed by atoms with E-state index in [1.54, 1.807) is 0 Å². The van der Waals surface area contributed by atoms with Crippen molar-refractivity contribution < 1.29 is 4.79 Å². The van der Waals surface area contributed by atoms with Crippen LogP contribution in [-0.4, -0.2) is 5.78 Å². The van der Waals surface area contributed by atoms with Crippen LogP contribution >= 0.6 is 0 Å². The van der Waals surface area contributed by atoms with Crippen LogP contribution in [0.25, 0.3) is 6.08 Å². The van der Waals surface area contributed by atoms with Gasteiger partial charge in [0.1, 0.15) is 0 Å². The fourth-order valence-corrected chi connectivity index (χ4v) is 5.02. The van der Waals surface area contributed by atoms with Crippen molar-refractivity contribution in [3.05, 3.63) is 76.4 Å². The lowest BCUT2D eigenvalue weighted by Gasteiger charge is -2.31. The Kier molecular flexibility index (Phi) is 7.47. The molecule has 0 bridgehead atoms. The molecule has 3 rings (SSSR count). The standard InChI is InChI=1S/C28H36O/c1-5-10-23-15-16-25(24-13-9-11-21(18-24)17-20(3)4)19-27(23)28(29)26-14-8-7-12-22(26)6-2/h5,7-8,10,12,14-16,19-21,24H,6,9,11,13,17-18H2,1-4H3/t21-,24?/m0/s1. The molecule has 0 aliphatic heterocycles. The van der Waals surface area contributed by atoms with E-state index >= 15 is 0 Å². The van der Waals surface area contributed by atoms with Gasteiger partial charge in [-0.1, -0.05) is 82.2 Å². The van der Waals surface area contributed by atoms with Crippen molar-refractivity contribution in [1.29, 1.82) is 0 Å². The molecule has 0 heterocycles. The van der Waals surface area contributed by atoms with Crippen LogP contribution in [0.4, 0.5) is 0 Å². The summed E-state index contributed by atoms with van der Waals surface area (Å²) in [5.41, 5.74) is 5.21. The van der Waals surface area contributed by atoms with E-state index in [-0.39, 0.29) is 5.78 Å².